The number of carbonyl (C=O) groups excluding carboxylic acids is 1. The van der Waals surface area contributed by atoms with Gasteiger partial charge in [0, 0.05) is 7.79 Å². The molecule has 0 unspecified atom stereocenters. The van der Waals surface area contributed by atoms with E-state index in [1.54, 1.807) is 0 Å². The highest BCUT2D eigenvalue weighted by atomic mass is 16.6. The third kappa shape index (κ3) is 11.6. The summed E-state index contributed by atoms with van der Waals surface area (Å²) in [5.41, 5.74) is -0.0404. The lowest BCUT2D eigenvalue weighted by atomic mass is 10.0. The first-order valence-corrected chi connectivity index (χ1v) is 11.2. The van der Waals surface area contributed by atoms with Crippen LogP contribution in [0.2, 0.25) is 0 Å². The number of hydrogen-bond acceptors (Lipinski definition) is 7. The Morgan fingerprint density at radius 1 is 1.03 bits per heavy atom. The van der Waals surface area contributed by atoms with Gasteiger partial charge >= 0.3 is 5.97 Å². The van der Waals surface area contributed by atoms with Gasteiger partial charge in [0.15, 0.2) is 0 Å². The van der Waals surface area contributed by atoms with E-state index >= 15 is 0 Å². The second kappa shape index (κ2) is 16.6. The zero-order valence-corrected chi connectivity index (χ0v) is 17.8. The van der Waals surface area contributed by atoms with Crippen molar-refractivity contribution in [2.75, 3.05) is 13.2 Å². The van der Waals surface area contributed by atoms with Crippen LogP contribution in [-0.4, -0.2) is 58.6 Å². The molecule has 0 amide bonds. The van der Waals surface area contributed by atoms with Crippen LogP contribution in [0.4, 0.5) is 0 Å². The molecule has 0 aliphatic carbocycles. The number of hydrogen-bond donors (Lipinski definition) is 3. The summed E-state index contributed by atoms with van der Waals surface area (Å²) in [4.78, 5) is 11.8. The normalized spacial score (nSPS) is 23.9. The number of ether oxygens (including phenoxy) is 2. The van der Waals surface area contributed by atoms with E-state index in [-0.39, 0.29) is 24.9 Å². The topological polar surface area (TPSA) is 109 Å². The Bertz CT molecular complexity index is 477. The first kappa shape index (κ1) is 24.1. The second-order valence-electron chi connectivity index (χ2n) is 7.91. The lowest BCUT2D eigenvalue weighted by molar-refractivity contribution is -0.155. The molecule has 7 nitrogen and oxygen atoms in total. The molecule has 0 spiro atoms. The summed E-state index contributed by atoms with van der Waals surface area (Å²) in [6.45, 7) is 0.332. The van der Waals surface area contributed by atoms with Crippen molar-refractivity contribution in [2.24, 2.45) is 5.16 Å². The summed E-state index contributed by atoms with van der Waals surface area (Å²) >= 11 is 0. The molecule has 1 aliphatic heterocycles. The molecule has 1 heterocycles. The Hall–Kier alpha value is -1.18. The molecule has 1 aliphatic rings. The van der Waals surface area contributed by atoms with Crippen molar-refractivity contribution >= 4 is 11.7 Å². The van der Waals surface area contributed by atoms with Crippen molar-refractivity contribution in [1.82, 2.24) is 0 Å². The van der Waals surface area contributed by atoms with E-state index in [4.69, 9.17) is 16.1 Å². The number of nitrogens with zero attached hydrogens (tertiary/aromatic N) is 1. The van der Waals surface area contributed by atoms with Gasteiger partial charge in [0.05, 0.1) is 6.61 Å². The van der Waals surface area contributed by atoms with E-state index in [0.29, 0.717) is 13.3 Å². The molecule has 7 heteroatoms. The number of oxime groups is 1. The van der Waals surface area contributed by atoms with Crippen LogP contribution in [0.15, 0.2) is 5.16 Å². The van der Waals surface area contributed by atoms with E-state index in [0.717, 1.165) is 25.7 Å². The number of aliphatic hydroxyl groups is 2. The fraction of sp³-hybridized carbons (Fsp3) is 0.909. The van der Waals surface area contributed by atoms with Crippen molar-refractivity contribution in [1.29, 1.82) is 0 Å². The Kier molecular flexibility index (Phi) is 13.8. The van der Waals surface area contributed by atoms with E-state index in [1.165, 1.54) is 57.8 Å². The SMILES string of the molecule is [2H]CCCCCCCCCCCCCCCC(=O)OC[C@H]1OCC(=NO)[C@@H](O)[C@@H]1O. The van der Waals surface area contributed by atoms with E-state index in [2.05, 4.69) is 5.16 Å². The molecule has 0 aromatic rings. The first-order chi connectivity index (χ1) is 14.6. The minimum atomic E-state index is -1.31. The average Bonchev–Trinajstić information content (AvgIpc) is 2.75. The number of esters is 1. The monoisotopic (exact) mass is 416 g/mol. The maximum Gasteiger partial charge on any atom is 0.305 e. The molecule has 0 saturated carbocycles. The fourth-order valence-electron chi connectivity index (χ4n) is 3.47. The molecule has 170 valence electrons. The largest absolute Gasteiger partial charge is 0.463 e. The second-order valence-corrected chi connectivity index (χ2v) is 7.91. The quantitative estimate of drug-likeness (QED) is 0.152. The third-order valence-electron chi connectivity index (χ3n) is 5.41. The number of carbonyl (C=O) groups is 1. The highest BCUT2D eigenvalue weighted by Crippen LogP contribution is 2.15. The number of aliphatic hydroxyl groups excluding tert-OH is 2. The van der Waals surface area contributed by atoms with Gasteiger partial charge in [0.2, 0.25) is 0 Å². The van der Waals surface area contributed by atoms with Crippen molar-refractivity contribution in [3.8, 4) is 0 Å². The summed E-state index contributed by atoms with van der Waals surface area (Å²) in [5.74, 6) is -0.329. The van der Waals surface area contributed by atoms with E-state index in [9.17, 15) is 15.0 Å². The maximum absolute atomic E-state index is 11.8. The lowest BCUT2D eigenvalue weighted by Crippen LogP contribution is -2.52. The van der Waals surface area contributed by atoms with E-state index < -0.39 is 18.3 Å². The van der Waals surface area contributed by atoms with Crippen LogP contribution >= 0.6 is 0 Å². The Morgan fingerprint density at radius 2 is 1.59 bits per heavy atom. The number of rotatable bonds is 16. The minimum Gasteiger partial charge on any atom is -0.463 e. The average molecular weight is 417 g/mol. The van der Waals surface area contributed by atoms with Gasteiger partial charge in [-0.15, -0.1) is 0 Å². The standard InChI is InChI=1S/C22H41NO6/c1-2-3-4-5-6-7-8-9-10-11-12-13-14-15-20(24)29-17-19-22(26)21(25)18(23-27)16-28-19/h19,21-22,25-27H,2-17H2,1H3/t19-,21-,22-/m1/s1/i1D. The van der Waals surface area contributed by atoms with Crippen LogP contribution in [0.3, 0.4) is 0 Å². The highest BCUT2D eigenvalue weighted by molar-refractivity contribution is 5.90. The van der Waals surface area contributed by atoms with Crippen LogP contribution < -0.4 is 0 Å². The van der Waals surface area contributed by atoms with Gasteiger partial charge < -0.3 is 24.9 Å². The maximum atomic E-state index is 11.8. The Balaban J connectivity index is 1.90. The zero-order valence-electron chi connectivity index (χ0n) is 18.8. The van der Waals surface area contributed by atoms with Gasteiger partial charge in [-0.05, 0) is 6.42 Å². The molecule has 0 aromatic carbocycles. The van der Waals surface area contributed by atoms with Crippen molar-refractivity contribution < 1.29 is 31.1 Å². The summed E-state index contributed by atoms with van der Waals surface area (Å²) in [5, 5.41) is 31.2. The van der Waals surface area contributed by atoms with Gasteiger partial charge in [-0.25, -0.2) is 0 Å². The van der Waals surface area contributed by atoms with Crippen molar-refractivity contribution in [2.45, 2.75) is 115 Å². The molecule has 0 radical (unpaired) electrons. The van der Waals surface area contributed by atoms with E-state index in [1.807, 2.05) is 0 Å². The van der Waals surface area contributed by atoms with Gasteiger partial charge in [-0.3, -0.25) is 4.79 Å². The molecular weight excluding hydrogens is 374 g/mol. The van der Waals surface area contributed by atoms with Crippen LogP contribution in [-0.2, 0) is 14.3 Å². The molecule has 0 bridgehead atoms. The summed E-state index contributed by atoms with van der Waals surface area (Å²) in [6.07, 6.45) is 12.3. The highest BCUT2D eigenvalue weighted by Gasteiger charge is 2.37. The molecule has 0 aromatic heterocycles. The van der Waals surface area contributed by atoms with Gasteiger partial charge in [0.1, 0.15) is 30.6 Å². The fourth-order valence-corrected chi connectivity index (χ4v) is 3.47. The number of unbranched alkanes of at least 4 members (excludes halogenated alkanes) is 12. The summed E-state index contributed by atoms with van der Waals surface area (Å²) in [6, 6.07) is 0. The van der Waals surface area contributed by atoms with Gasteiger partial charge in [-0.1, -0.05) is 89.1 Å². The first-order valence-electron chi connectivity index (χ1n) is 11.9. The molecule has 29 heavy (non-hydrogen) atoms. The molecular formula is C22H41NO6. The van der Waals surface area contributed by atoms with Crippen LogP contribution in [0.25, 0.3) is 0 Å². The van der Waals surface area contributed by atoms with Gasteiger partial charge in [-0.2, -0.15) is 0 Å². The predicted molar refractivity (Wildman–Crippen MR) is 112 cm³/mol. The summed E-state index contributed by atoms with van der Waals surface area (Å²) < 4.78 is 17.5. The van der Waals surface area contributed by atoms with Crippen LogP contribution in [0.5, 0.6) is 0 Å². The molecule has 3 atom stereocenters. The predicted octanol–water partition coefficient (Wildman–Crippen LogP) is 3.96. The third-order valence-corrected chi connectivity index (χ3v) is 5.41. The molecule has 1 fully saturated rings. The van der Waals surface area contributed by atoms with Crippen LogP contribution in [0, 0.1) is 0 Å². The van der Waals surface area contributed by atoms with Gasteiger partial charge in [0.25, 0.3) is 0 Å². The zero-order chi connectivity index (χ0) is 22.0. The molecule has 3 N–H and O–H groups in total. The minimum absolute atomic E-state index is 0.0404. The smallest absolute Gasteiger partial charge is 0.305 e. The Labute approximate surface area is 176 Å². The summed E-state index contributed by atoms with van der Waals surface area (Å²) in [7, 11) is 0. The molecule has 1 rings (SSSR count). The van der Waals surface area contributed by atoms with Crippen molar-refractivity contribution in [3.05, 3.63) is 0 Å². The molecule has 1 saturated heterocycles. The van der Waals surface area contributed by atoms with Crippen LogP contribution in [0.1, 0.15) is 98.2 Å². The lowest BCUT2D eigenvalue weighted by Gasteiger charge is -2.31. The van der Waals surface area contributed by atoms with Crippen molar-refractivity contribution in [3.63, 3.8) is 0 Å². The Morgan fingerprint density at radius 3 is 2.14 bits per heavy atom.